The van der Waals surface area contributed by atoms with Crippen LogP contribution in [0.25, 0.3) is 0 Å². The average Bonchev–Trinajstić information content (AvgIpc) is 2.32. The Bertz CT molecular complexity index is 406. The zero-order valence-corrected chi connectivity index (χ0v) is 10.1. The molecule has 1 unspecified atom stereocenters. The first-order valence-corrected chi connectivity index (χ1v) is 5.95. The van der Waals surface area contributed by atoms with Crippen molar-refractivity contribution in [3.8, 4) is 5.75 Å². The Morgan fingerprint density at radius 3 is 2.88 bits per heavy atom. The highest BCUT2D eigenvalue weighted by Crippen LogP contribution is 2.22. The van der Waals surface area contributed by atoms with E-state index in [0.29, 0.717) is 11.4 Å². The van der Waals surface area contributed by atoms with Crippen molar-refractivity contribution in [3.05, 3.63) is 24.3 Å². The predicted octanol–water partition coefficient (Wildman–Crippen LogP) is 1.66. The van der Waals surface area contributed by atoms with E-state index in [1.54, 1.807) is 12.1 Å². The Balaban J connectivity index is 2.03. The average molecular weight is 234 g/mol. The first-order valence-electron chi connectivity index (χ1n) is 5.95. The maximum Gasteiger partial charge on any atom is 0.328 e. The first kappa shape index (κ1) is 11.9. The second kappa shape index (κ2) is 5.19. The summed E-state index contributed by atoms with van der Waals surface area (Å²) in [7, 11) is 1.96. The summed E-state index contributed by atoms with van der Waals surface area (Å²) in [6, 6.07) is 6.94. The van der Waals surface area contributed by atoms with Crippen LogP contribution in [0.4, 0.5) is 5.69 Å². The number of para-hydroxylation sites is 2. The number of benzene rings is 1. The molecule has 1 aromatic rings. The van der Waals surface area contributed by atoms with Gasteiger partial charge in [0, 0.05) is 0 Å². The zero-order valence-electron chi connectivity index (χ0n) is 10.1. The smallest absolute Gasteiger partial charge is 0.328 e. The lowest BCUT2D eigenvalue weighted by Gasteiger charge is -2.30. The SMILES string of the molecule is CN1CCCCC1C(=O)Oc1ccccc1N. The topological polar surface area (TPSA) is 55.6 Å². The number of likely N-dealkylation sites (tertiary alicyclic amines) is 1. The highest BCUT2D eigenvalue weighted by atomic mass is 16.5. The molecule has 0 amide bonds. The number of piperidine rings is 1. The second-order valence-electron chi connectivity index (χ2n) is 4.45. The Morgan fingerprint density at radius 1 is 1.41 bits per heavy atom. The lowest BCUT2D eigenvalue weighted by Crippen LogP contribution is -2.44. The Hall–Kier alpha value is -1.55. The fourth-order valence-electron chi connectivity index (χ4n) is 2.12. The van der Waals surface area contributed by atoms with Crippen molar-refractivity contribution in [3.63, 3.8) is 0 Å². The summed E-state index contributed by atoms with van der Waals surface area (Å²) in [6.45, 7) is 0.948. The minimum Gasteiger partial charge on any atom is -0.423 e. The fraction of sp³-hybridized carbons (Fsp3) is 0.462. The molecule has 2 N–H and O–H groups in total. The molecule has 1 aliphatic rings. The maximum atomic E-state index is 12.0. The van der Waals surface area contributed by atoms with Crippen molar-refractivity contribution in [2.24, 2.45) is 0 Å². The van der Waals surface area contributed by atoms with Crippen molar-refractivity contribution >= 4 is 11.7 Å². The van der Waals surface area contributed by atoms with Gasteiger partial charge in [0.05, 0.1) is 5.69 Å². The molecule has 4 nitrogen and oxygen atoms in total. The largest absolute Gasteiger partial charge is 0.423 e. The van der Waals surface area contributed by atoms with E-state index in [2.05, 4.69) is 0 Å². The van der Waals surface area contributed by atoms with Gasteiger partial charge in [-0.2, -0.15) is 0 Å². The lowest BCUT2D eigenvalue weighted by atomic mass is 10.0. The Labute approximate surface area is 101 Å². The molecular formula is C13H18N2O2. The number of ether oxygens (including phenoxy) is 1. The van der Waals surface area contributed by atoms with Crippen LogP contribution in [0.2, 0.25) is 0 Å². The number of rotatable bonds is 2. The van der Waals surface area contributed by atoms with Gasteiger partial charge in [-0.05, 0) is 38.6 Å². The minimum absolute atomic E-state index is 0.136. The number of carbonyl (C=O) groups is 1. The molecule has 2 rings (SSSR count). The van der Waals surface area contributed by atoms with Gasteiger partial charge in [0.2, 0.25) is 0 Å². The lowest BCUT2D eigenvalue weighted by molar-refractivity contribution is -0.141. The summed E-state index contributed by atoms with van der Waals surface area (Å²) < 4.78 is 5.35. The molecule has 1 saturated heterocycles. The van der Waals surface area contributed by atoms with Crippen LogP contribution in [0.3, 0.4) is 0 Å². The highest BCUT2D eigenvalue weighted by Gasteiger charge is 2.27. The third-order valence-corrected chi connectivity index (χ3v) is 3.17. The van der Waals surface area contributed by atoms with Crippen LogP contribution in [0.15, 0.2) is 24.3 Å². The third kappa shape index (κ3) is 2.77. The van der Waals surface area contributed by atoms with Crippen LogP contribution in [-0.4, -0.2) is 30.5 Å². The van der Waals surface area contributed by atoms with Gasteiger partial charge in [-0.25, -0.2) is 4.79 Å². The standard InChI is InChI=1S/C13H18N2O2/c1-15-9-5-4-7-11(15)13(16)17-12-8-3-2-6-10(12)14/h2-3,6,8,11H,4-5,7,9,14H2,1H3. The number of anilines is 1. The van der Waals surface area contributed by atoms with Crippen molar-refractivity contribution in [2.75, 3.05) is 19.3 Å². The molecule has 0 saturated carbocycles. The van der Waals surface area contributed by atoms with Gasteiger partial charge in [0.25, 0.3) is 0 Å². The summed E-state index contributed by atoms with van der Waals surface area (Å²) in [5.41, 5.74) is 6.24. The van der Waals surface area contributed by atoms with E-state index < -0.39 is 0 Å². The minimum atomic E-state index is -0.204. The van der Waals surface area contributed by atoms with E-state index in [4.69, 9.17) is 10.5 Å². The van der Waals surface area contributed by atoms with Crippen LogP contribution < -0.4 is 10.5 Å². The van der Waals surface area contributed by atoms with Crippen molar-refractivity contribution in [2.45, 2.75) is 25.3 Å². The monoisotopic (exact) mass is 234 g/mol. The number of nitrogen functional groups attached to an aromatic ring is 1. The molecule has 1 fully saturated rings. The second-order valence-corrected chi connectivity index (χ2v) is 4.45. The number of carbonyl (C=O) groups excluding carboxylic acids is 1. The molecule has 0 spiro atoms. The van der Waals surface area contributed by atoms with Gasteiger partial charge in [0.15, 0.2) is 5.75 Å². The molecule has 1 heterocycles. The van der Waals surface area contributed by atoms with E-state index >= 15 is 0 Å². The number of hydrogen-bond donors (Lipinski definition) is 1. The van der Waals surface area contributed by atoms with Crippen molar-refractivity contribution in [1.82, 2.24) is 4.90 Å². The molecule has 1 atom stereocenters. The molecule has 0 aromatic heterocycles. The van der Waals surface area contributed by atoms with E-state index in [9.17, 15) is 4.79 Å². The van der Waals surface area contributed by atoms with Crippen LogP contribution in [-0.2, 0) is 4.79 Å². The summed E-state index contributed by atoms with van der Waals surface area (Å²) in [5.74, 6) is 0.251. The normalized spacial score (nSPS) is 21.1. The van der Waals surface area contributed by atoms with Crippen LogP contribution in [0, 0.1) is 0 Å². The van der Waals surface area contributed by atoms with Crippen LogP contribution >= 0.6 is 0 Å². The third-order valence-electron chi connectivity index (χ3n) is 3.17. The van der Waals surface area contributed by atoms with Crippen molar-refractivity contribution < 1.29 is 9.53 Å². The number of nitrogens with zero attached hydrogens (tertiary/aromatic N) is 1. The number of esters is 1. The molecule has 4 heteroatoms. The highest BCUT2D eigenvalue weighted by molar-refractivity contribution is 5.79. The van der Waals surface area contributed by atoms with Gasteiger partial charge in [0.1, 0.15) is 6.04 Å². The van der Waals surface area contributed by atoms with Crippen LogP contribution in [0.5, 0.6) is 5.75 Å². The summed E-state index contributed by atoms with van der Waals surface area (Å²) >= 11 is 0. The van der Waals surface area contributed by atoms with Gasteiger partial charge in [-0.15, -0.1) is 0 Å². The van der Waals surface area contributed by atoms with E-state index in [-0.39, 0.29) is 12.0 Å². The van der Waals surface area contributed by atoms with Crippen LogP contribution in [0.1, 0.15) is 19.3 Å². The number of nitrogens with two attached hydrogens (primary N) is 1. The quantitative estimate of drug-likeness (QED) is 0.480. The number of hydrogen-bond acceptors (Lipinski definition) is 4. The molecule has 0 radical (unpaired) electrons. The molecule has 17 heavy (non-hydrogen) atoms. The zero-order chi connectivity index (χ0) is 12.3. The summed E-state index contributed by atoms with van der Waals surface area (Å²) in [5, 5.41) is 0. The van der Waals surface area contributed by atoms with E-state index in [1.165, 1.54) is 0 Å². The predicted molar refractivity (Wildman–Crippen MR) is 66.8 cm³/mol. The van der Waals surface area contributed by atoms with E-state index in [1.807, 2.05) is 24.1 Å². The Morgan fingerprint density at radius 2 is 2.18 bits per heavy atom. The van der Waals surface area contributed by atoms with Gasteiger partial charge in [-0.1, -0.05) is 18.6 Å². The molecule has 1 aliphatic heterocycles. The summed E-state index contributed by atoms with van der Waals surface area (Å²) in [4.78, 5) is 14.1. The molecule has 0 aliphatic carbocycles. The molecular weight excluding hydrogens is 216 g/mol. The van der Waals surface area contributed by atoms with Gasteiger partial charge in [-0.3, -0.25) is 4.90 Å². The van der Waals surface area contributed by atoms with Gasteiger partial charge >= 0.3 is 5.97 Å². The molecule has 0 bridgehead atoms. The van der Waals surface area contributed by atoms with E-state index in [0.717, 1.165) is 25.8 Å². The fourth-order valence-corrected chi connectivity index (χ4v) is 2.12. The molecule has 1 aromatic carbocycles. The van der Waals surface area contributed by atoms with Gasteiger partial charge < -0.3 is 10.5 Å². The first-order chi connectivity index (χ1) is 8.18. The molecule has 92 valence electrons. The number of likely N-dealkylation sites (N-methyl/N-ethyl adjacent to an activating group) is 1. The van der Waals surface area contributed by atoms with Crippen molar-refractivity contribution in [1.29, 1.82) is 0 Å². The Kier molecular flexibility index (Phi) is 3.64. The maximum absolute atomic E-state index is 12.0. The summed E-state index contributed by atoms with van der Waals surface area (Å²) in [6.07, 6.45) is 3.09.